The van der Waals surface area contributed by atoms with Crippen LogP contribution in [0.15, 0.2) is 54.6 Å². The third-order valence-corrected chi connectivity index (χ3v) is 3.32. The van der Waals surface area contributed by atoms with E-state index in [1.807, 2.05) is 30.3 Å². The van der Waals surface area contributed by atoms with Crippen molar-refractivity contribution in [1.29, 1.82) is 0 Å². The number of benzene rings is 2. The number of ether oxygens (including phenoxy) is 2. The molecule has 0 heterocycles. The molecule has 0 saturated heterocycles. The SMILES string of the molecule is O=C(CCCNC(=O)OCc1ccccc1)Oc1ccc([N+](=O)[O-])cc1. The highest BCUT2D eigenvalue weighted by atomic mass is 16.6. The summed E-state index contributed by atoms with van der Waals surface area (Å²) < 4.78 is 10.1. The van der Waals surface area contributed by atoms with Crippen molar-refractivity contribution in [3.05, 3.63) is 70.3 Å². The lowest BCUT2D eigenvalue weighted by molar-refractivity contribution is -0.384. The van der Waals surface area contributed by atoms with Gasteiger partial charge in [0.05, 0.1) is 4.92 Å². The van der Waals surface area contributed by atoms with Crippen molar-refractivity contribution in [1.82, 2.24) is 5.32 Å². The Balaban J connectivity index is 1.60. The van der Waals surface area contributed by atoms with Crippen LogP contribution in [0.3, 0.4) is 0 Å². The highest BCUT2D eigenvalue weighted by Gasteiger charge is 2.09. The molecule has 0 aromatic heterocycles. The number of carbonyl (C=O) groups excluding carboxylic acids is 2. The van der Waals surface area contributed by atoms with Gasteiger partial charge in [0.25, 0.3) is 5.69 Å². The smallest absolute Gasteiger partial charge is 0.407 e. The van der Waals surface area contributed by atoms with Gasteiger partial charge < -0.3 is 14.8 Å². The Morgan fingerprint density at radius 3 is 2.38 bits per heavy atom. The molecule has 0 aliphatic carbocycles. The van der Waals surface area contributed by atoms with E-state index in [2.05, 4.69) is 5.32 Å². The Morgan fingerprint density at radius 2 is 1.73 bits per heavy atom. The number of alkyl carbamates (subject to hydrolysis) is 1. The van der Waals surface area contributed by atoms with E-state index in [1.54, 1.807) is 0 Å². The lowest BCUT2D eigenvalue weighted by Crippen LogP contribution is -2.26. The van der Waals surface area contributed by atoms with Gasteiger partial charge >= 0.3 is 12.1 Å². The van der Waals surface area contributed by atoms with E-state index >= 15 is 0 Å². The molecule has 0 bridgehead atoms. The number of hydrogen-bond donors (Lipinski definition) is 1. The molecule has 0 spiro atoms. The molecule has 136 valence electrons. The Labute approximate surface area is 149 Å². The highest BCUT2D eigenvalue weighted by molar-refractivity contribution is 5.72. The predicted octanol–water partition coefficient (Wildman–Crippen LogP) is 3.21. The molecule has 0 atom stereocenters. The quantitative estimate of drug-likeness (QED) is 0.255. The van der Waals surface area contributed by atoms with Gasteiger partial charge in [-0.15, -0.1) is 0 Å². The number of non-ortho nitro benzene ring substituents is 1. The zero-order valence-corrected chi connectivity index (χ0v) is 13.9. The maximum absolute atomic E-state index is 11.7. The zero-order valence-electron chi connectivity index (χ0n) is 13.9. The molecule has 26 heavy (non-hydrogen) atoms. The van der Waals surface area contributed by atoms with Crippen LogP contribution in [0.1, 0.15) is 18.4 Å². The lowest BCUT2D eigenvalue weighted by Gasteiger charge is -2.07. The number of nitrogens with one attached hydrogen (secondary N) is 1. The van der Waals surface area contributed by atoms with Gasteiger partial charge in [0.15, 0.2) is 0 Å². The first-order valence-electron chi connectivity index (χ1n) is 7.94. The van der Waals surface area contributed by atoms with Crippen LogP contribution in [0.2, 0.25) is 0 Å². The van der Waals surface area contributed by atoms with Crippen molar-refractivity contribution in [2.24, 2.45) is 0 Å². The molecule has 0 saturated carbocycles. The molecule has 0 aliphatic rings. The molecule has 0 fully saturated rings. The van der Waals surface area contributed by atoms with Gasteiger partial charge in [0, 0.05) is 25.1 Å². The average molecular weight is 358 g/mol. The van der Waals surface area contributed by atoms with E-state index < -0.39 is 17.0 Å². The number of nitro groups is 1. The monoisotopic (exact) mass is 358 g/mol. The van der Waals surface area contributed by atoms with Crippen molar-refractivity contribution < 1.29 is 24.0 Å². The average Bonchev–Trinajstić information content (AvgIpc) is 2.65. The van der Waals surface area contributed by atoms with Crippen LogP contribution in [0.5, 0.6) is 5.75 Å². The summed E-state index contributed by atoms with van der Waals surface area (Å²) in [6.45, 7) is 0.442. The van der Waals surface area contributed by atoms with Crippen LogP contribution in [-0.4, -0.2) is 23.5 Å². The van der Waals surface area contributed by atoms with Gasteiger partial charge in [-0.05, 0) is 24.1 Å². The number of hydrogen-bond acceptors (Lipinski definition) is 6. The fourth-order valence-corrected chi connectivity index (χ4v) is 2.02. The second-order valence-electron chi connectivity index (χ2n) is 5.32. The molecule has 0 radical (unpaired) electrons. The molecular formula is C18H18N2O6. The molecule has 8 nitrogen and oxygen atoms in total. The Bertz CT molecular complexity index is 746. The summed E-state index contributed by atoms with van der Waals surface area (Å²) >= 11 is 0. The van der Waals surface area contributed by atoms with Gasteiger partial charge in [0.1, 0.15) is 12.4 Å². The van der Waals surface area contributed by atoms with E-state index in [0.29, 0.717) is 6.42 Å². The van der Waals surface area contributed by atoms with Crippen LogP contribution in [0, 0.1) is 10.1 Å². The van der Waals surface area contributed by atoms with Crippen LogP contribution in [0.4, 0.5) is 10.5 Å². The van der Waals surface area contributed by atoms with Gasteiger partial charge in [-0.2, -0.15) is 0 Å². The fraction of sp³-hybridized carbons (Fsp3) is 0.222. The molecule has 1 amide bonds. The second kappa shape index (κ2) is 9.77. The highest BCUT2D eigenvalue weighted by Crippen LogP contribution is 2.17. The van der Waals surface area contributed by atoms with Crippen molar-refractivity contribution in [3.63, 3.8) is 0 Å². The van der Waals surface area contributed by atoms with Gasteiger partial charge in [-0.1, -0.05) is 30.3 Å². The van der Waals surface area contributed by atoms with E-state index in [4.69, 9.17) is 9.47 Å². The van der Waals surface area contributed by atoms with E-state index in [0.717, 1.165) is 5.56 Å². The zero-order chi connectivity index (χ0) is 18.8. The van der Waals surface area contributed by atoms with Gasteiger partial charge in [-0.3, -0.25) is 14.9 Å². The van der Waals surface area contributed by atoms with Crippen LogP contribution >= 0.6 is 0 Å². The largest absolute Gasteiger partial charge is 0.445 e. The minimum absolute atomic E-state index is 0.0805. The van der Waals surface area contributed by atoms with Crippen LogP contribution < -0.4 is 10.1 Å². The number of rotatable bonds is 8. The first-order chi connectivity index (χ1) is 12.5. The van der Waals surface area contributed by atoms with E-state index in [9.17, 15) is 19.7 Å². The minimum atomic E-state index is -0.558. The molecular weight excluding hydrogens is 340 g/mol. The topological polar surface area (TPSA) is 108 Å². The molecule has 0 aliphatic heterocycles. The van der Waals surface area contributed by atoms with Gasteiger partial charge in [0.2, 0.25) is 0 Å². The van der Waals surface area contributed by atoms with Crippen molar-refractivity contribution in [2.75, 3.05) is 6.54 Å². The fourth-order valence-electron chi connectivity index (χ4n) is 2.02. The predicted molar refractivity (Wildman–Crippen MR) is 92.6 cm³/mol. The summed E-state index contributed by atoms with van der Waals surface area (Å²) in [5.41, 5.74) is 0.803. The molecule has 2 rings (SSSR count). The normalized spacial score (nSPS) is 10.0. The van der Waals surface area contributed by atoms with E-state index in [-0.39, 0.29) is 31.0 Å². The number of esters is 1. The van der Waals surface area contributed by atoms with Crippen molar-refractivity contribution in [3.8, 4) is 5.75 Å². The Hall–Kier alpha value is -3.42. The first kappa shape index (κ1) is 18.9. The summed E-state index contributed by atoms with van der Waals surface area (Å²) in [6, 6.07) is 14.5. The maximum Gasteiger partial charge on any atom is 0.407 e. The molecule has 8 heteroatoms. The minimum Gasteiger partial charge on any atom is -0.445 e. The standard InChI is InChI=1S/C18H18N2O6/c21-17(26-16-10-8-15(9-11-16)20(23)24)7-4-12-19-18(22)25-13-14-5-2-1-3-6-14/h1-3,5-6,8-11H,4,7,12-13H2,(H,19,22). The molecule has 2 aromatic carbocycles. The summed E-state index contributed by atoms with van der Waals surface area (Å²) in [5, 5.41) is 13.1. The summed E-state index contributed by atoms with van der Waals surface area (Å²) in [6.07, 6.45) is -0.0834. The molecule has 0 unspecified atom stereocenters. The van der Waals surface area contributed by atoms with Crippen LogP contribution in [0.25, 0.3) is 0 Å². The van der Waals surface area contributed by atoms with Crippen molar-refractivity contribution in [2.45, 2.75) is 19.4 Å². The first-order valence-corrected chi connectivity index (χ1v) is 7.94. The Kier molecular flexibility index (Phi) is 7.11. The number of carbonyl (C=O) groups is 2. The maximum atomic E-state index is 11.7. The second-order valence-corrected chi connectivity index (χ2v) is 5.32. The summed E-state index contributed by atoms with van der Waals surface area (Å²) in [5.74, 6) is -0.255. The molecule has 2 aromatic rings. The number of nitro benzene ring substituents is 1. The number of amides is 1. The number of nitrogens with zero attached hydrogens (tertiary/aromatic N) is 1. The third-order valence-electron chi connectivity index (χ3n) is 3.32. The lowest BCUT2D eigenvalue weighted by atomic mass is 10.2. The molecule has 1 N–H and O–H groups in total. The van der Waals surface area contributed by atoms with Gasteiger partial charge in [-0.25, -0.2) is 4.79 Å². The van der Waals surface area contributed by atoms with Crippen LogP contribution in [-0.2, 0) is 16.1 Å². The Morgan fingerprint density at radius 1 is 1.04 bits per heavy atom. The third kappa shape index (κ3) is 6.60. The summed E-state index contributed by atoms with van der Waals surface area (Å²) in [4.78, 5) is 33.2. The van der Waals surface area contributed by atoms with E-state index in [1.165, 1.54) is 24.3 Å². The van der Waals surface area contributed by atoms with Crippen molar-refractivity contribution >= 4 is 17.7 Å². The summed E-state index contributed by atoms with van der Waals surface area (Å²) in [7, 11) is 0.